The maximum atomic E-state index is 3.55. The first-order chi connectivity index (χ1) is 10.7. The van der Waals surface area contributed by atoms with Gasteiger partial charge in [-0.25, -0.2) is 0 Å². The molecule has 2 aromatic carbocycles. The highest BCUT2D eigenvalue weighted by Crippen LogP contribution is 2.15. The number of rotatable bonds is 4. The van der Waals surface area contributed by atoms with Crippen LogP contribution in [0.3, 0.4) is 0 Å². The molecule has 2 aromatic rings. The molecule has 1 aliphatic heterocycles. The zero-order valence-electron chi connectivity index (χ0n) is 13.1. The summed E-state index contributed by atoms with van der Waals surface area (Å²) >= 11 is 3.55. The van der Waals surface area contributed by atoms with Crippen molar-refractivity contribution in [1.29, 1.82) is 0 Å². The summed E-state index contributed by atoms with van der Waals surface area (Å²) in [6.45, 7) is 8.91. The van der Waals surface area contributed by atoms with Crippen LogP contribution in [-0.2, 0) is 13.1 Å². The zero-order chi connectivity index (χ0) is 15.4. The van der Waals surface area contributed by atoms with Gasteiger partial charge in [0, 0.05) is 43.7 Å². The summed E-state index contributed by atoms with van der Waals surface area (Å²) in [4.78, 5) is 5.11. The van der Waals surface area contributed by atoms with E-state index in [2.05, 4.69) is 81.2 Å². The van der Waals surface area contributed by atoms with Crippen LogP contribution in [0.2, 0.25) is 0 Å². The summed E-state index contributed by atoms with van der Waals surface area (Å²) in [5, 5.41) is 0. The van der Waals surface area contributed by atoms with Crippen LogP contribution >= 0.6 is 15.9 Å². The van der Waals surface area contributed by atoms with Gasteiger partial charge in [0.25, 0.3) is 0 Å². The van der Waals surface area contributed by atoms with Gasteiger partial charge >= 0.3 is 0 Å². The summed E-state index contributed by atoms with van der Waals surface area (Å²) in [5.41, 5.74) is 4.17. The fourth-order valence-corrected chi connectivity index (χ4v) is 3.51. The third kappa shape index (κ3) is 4.42. The van der Waals surface area contributed by atoms with E-state index in [1.54, 1.807) is 0 Å². The normalized spacial score (nSPS) is 16.8. The number of benzene rings is 2. The Balaban J connectivity index is 1.50. The Hall–Kier alpha value is -1.16. The minimum atomic E-state index is 1.05. The molecule has 0 spiro atoms. The molecule has 0 aliphatic carbocycles. The summed E-state index contributed by atoms with van der Waals surface area (Å²) in [6, 6.07) is 17.5. The van der Waals surface area contributed by atoms with E-state index in [4.69, 9.17) is 0 Å². The van der Waals surface area contributed by atoms with Gasteiger partial charge in [-0.2, -0.15) is 0 Å². The van der Waals surface area contributed by atoms with Crippen LogP contribution in [0.1, 0.15) is 16.7 Å². The van der Waals surface area contributed by atoms with Crippen LogP contribution in [0, 0.1) is 6.92 Å². The molecule has 0 bridgehead atoms. The van der Waals surface area contributed by atoms with Gasteiger partial charge < -0.3 is 0 Å². The van der Waals surface area contributed by atoms with E-state index in [1.165, 1.54) is 21.2 Å². The van der Waals surface area contributed by atoms with Crippen molar-refractivity contribution in [3.8, 4) is 0 Å². The summed E-state index contributed by atoms with van der Waals surface area (Å²) in [7, 11) is 0. The number of hydrogen-bond acceptors (Lipinski definition) is 2. The maximum absolute atomic E-state index is 3.55. The van der Waals surface area contributed by atoms with E-state index in [1.807, 2.05) is 0 Å². The first-order valence-electron chi connectivity index (χ1n) is 7.94. The van der Waals surface area contributed by atoms with Gasteiger partial charge in [-0.1, -0.05) is 57.9 Å². The molecule has 22 heavy (non-hydrogen) atoms. The van der Waals surface area contributed by atoms with Crippen LogP contribution < -0.4 is 0 Å². The van der Waals surface area contributed by atoms with Gasteiger partial charge in [0.2, 0.25) is 0 Å². The van der Waals surface area contributed by atoms with Crippen LogP contribution in [0.5, 0.6) is 0 Å². The minimum absolute atomic E-state index is 1.05. The number of piperazine rings is 1. The first-order valence-corrected chi connectivity index (χ1v) is 8.73. The predicted octanol–water partition coefficient (Wildman–Crippen LogP) is 4.08. The molecule has 1 saturated heterocycles. The molecule has 0 N–H and O–H groups in total. The Bertz CT molecular complexity index is 563. The monoisotopic (exact) mass is 358 g/mol. The SMILES string of the molecule is Cc1cccc(CN2CCN(Cc3cccc(Br)c3)CC2)c1. The average molecular weight is 359 g/mol. The topological polar surface area (TPSA) is 6.48 Å². The lowest BCUT2D eigenvalue weighted by Gasteiger charge is -2.34. The summed E-state index contributed by atoms with van der Waals surface area (Å²) < 4.78 is 1.17. The second kappa shape index (κ2) is 7.40. The predicted molar refractivity (Wildman–Crippen MR) is 95.9 cm³/mol. The van der Waals surface area contributed by atoms with Crippen molar-refractivity contribution in [3.63, 3.8) is 0 Å². The van der Waals surface area contributed by atoms with E-state index < -0.39 is 0 Å². The van der Waals surface area contributed by atoms with Gasteiger partial charge in [0.15, 0.2) is 0 Å². The zero-order valence-corrected chi connectivity index (χ0v) is 14.7. The van der Waals surface area contributed by atoms with Crippen molar-refractivity contribution in [2.75, 3.05) is 26.2 Å². The molecule has 0 atom stereocenters. The van der Waals surface area contributed by atoms with Crippen molar-refractivity contribution in [2.24, 2.45) is 0 Å². The lowest BCUT2D eigenvalue weighted by atomic mass is 10.1. The molecule has 3 rings (SSSR count). The summed E-state index contributed by atoms with van der Waals surface area (Å²) in [6.07, 6.45) is 0. The standard InChI is InChI=1S/C19H23BrN2/c1-16-4-2-5-17(12-16)14-21-8-10-22(11-9-21)15-18-6-3-7-19(20)13-18/h2-7,12-13H,8-11,14-15H2,1H3. The Morgan fingerprint density at radius 1 is 0.818 bits per heavy atom. The lowest BCUT2D eigenvalue weighted by Crippen LogP contribution is -2.45. The molecule has 3 heteroatoms. The van der Waals surface area contributed by atoms with Crippen LogP contribution in [0.25, 0.3) is 0 Å². The second-order valence-electron chi connectivity index (χ2n) is 6.17. The number of aryl methyl sites for hydroxylation is 1. The lowest BCUT2D eigenvalue weighted by molar-refractivity contribution is 0.122. The van der Waals surface area contributed by atoms with E-state index in [9.17, 15) is 0 Å². The second-order valence-corrected chi connectivity index (χ2v) is 7.09. The molecule has 1 heterocycles. The number of nitrogens with zero attached hydrogens (tertiary/aromatic N) is 2. The van der Waals surface area contributed by atoms with Gasteiger partial charge in [-0.15, -0.1) is 0 Å². The highest BCUT2D eigenvalue weighted by molar-refractivity contribution is 9.10. The van der Waals surface area contributed by atoms with Crippen LogP contribution in [0.15, 0.2) is 53.0 Å². The first kappa shape index (κ1) is 15.7. The quantitative estimate of drug-likeness (QED) is 0.812. The third-order valence-electron chi connectivity index (χ3n) is 4.25. The molecule has 0 radical (unpaired) electrons. The fraction of sp³-hybridized carbons (Fsp3) is 0.368. The molecule has 2 nitrogen and oxygen atoms in total. The largest absolute Gasteiger partial charge is 0.297 e. The summed E-state index contributed by atoms with van der Waals surface area (Å²) in [5.74, 6) is 0. The maximum Gasteiger partial charge on any atom is 0.0235 e. The molecule has 116 valence electrons. The van der Waals surface area contributed by atoms with Crippen molar-refractivity contribution >= 4 is 15.9 Å². The van der Waals surface area contributed by atoms with Gasteiger partial charge in [0.05, 0.1) is 0 Å². The molecular formula is C19H23BrN2. The number of halogens is 1. The van der Waals surface area contributed by atoms with Gasteiger partial charge in [-0.05, 0) is 30.2 Å². The van der Waals surface area contributed by atoms with E-state index in [0.29, 0.717) is 0 Å². The molecule has 0 unspecified atom stereocenters. The Morgan fingerprint density at radius 3 is 1.91 bits per heavy atom. The van der Waals surface area contributed by atoms with E-state index in [0.717, 1.165) is 39.3 Å². The van der Waals surface area contributed by atoms with E-state index >= 15 is 0 Å². The molecule has 0 amide bonds. The van der Waals surface area contributed by atoms with Crippen molar-refractivity contribution in [2.45, 2.75) is 20.0 Å². The Labute approximate surface area is 141 Å². The van der Waals surface area contributed by atoms with Crippen LogP contribution in [-0.4, -0.2) is 36.0 Å². The third-order valence-corrected chi connectivity index (χ3v) is 4.74. The fourth-order valence-electron chi connectivity index (χ4n) is 3.07. The van der Waals surface area contributed by atoms with Gasteiger partial charge in [-0.3, -0.25) is 9.80 Å². The highest BCUT2D eigenvalue weighted by atomic mass is 79.9. The minimum Gasteiger partial charge on any atom is -0.297 e. The number of hydrogen-bond donors (Lipinski definition) is 0. The molecule has 0 saturated carbocycles. The van der Waals surface area contributed by atoms with Crippen molar-refractivity contribution < 1.29 is 0 Å². The smallest absolute Gasteiger partial charge is 0.0235 e. The Kier molecular flexibility index (Phi) is 5.29. The molecule has 1 fully saturated rings. The molecule has 1 aliphatic rings. The molecule has 0 aromatic heterocycles. The van der Waals surface area contributed by atoms with Crippen molar-refractivity contribution in [3.05, 3.63) is 69.7 Å². The van der Waals surface area contributed by atoms with Gasteiger partial charge in [0.1, 0.15) is 0 Å². The van der Waals surface area contributed by atoms with E-state index in [-0.39, 0.29) is 0 Å². The molecular weight excluding hydrogens is 336 g/mol. The Morgan fingerprint density at radius 2 is 1.36 bits per heavy atom. The highest BCUT2D eigenvalue weighted by Gasteiger charge is 2.17. The van der Waals surface area contributed by atoms with Crippen LogP contribution in [0.4, 0.5) is 0 Å². The van der Waals surface area contributed by atoms with Crippen molar-refractivity contribution in [1.82, 2.24) is 9.80 Å². The average Bonchev–Trinajstić information content (AvgIpc) is 2.49.